The molecule has 1 aliphatic rings. The highest BCUT2D eigenvalue weighted by atomic mass is 19.4. The van der Waals surface area contributed by atoms with E-state index in [0.717, 1.165) is 12.8 Å². The van der Waals surface area contributed by atoms with Crippen LogP contribution in [0, 0.1) is 17.5 Å². The van der Waals surface area contributed by atoms with Crippen molar-refractivity contribution in [2.75, 3.05) is 10.6 Å². The third-order valence-corrected chi connectivity index (χ3v) is 3.22. The number of nitrogens with zero attached hydrogens (tertiary/aromatic N) is 2. The van der Waals surface area contributed by atoms with Gasteiger partial charge in [-0.3, -0.25) is 0 Å². The van der Waals surface area contributed by atoms with Crippen molar-refractivity contribution < 1.29 is 26.3 Å². The Morgan fingerprint density at radius 1 is 1.00 bits per heavy atom. The van der Waals surface area contributed by atoms with E-state index in [0.29, 0.717) is 18.2 Å². The third-order valence-electron chi connectivity index (χ3n) is 3.22. The molecule has 0 unspecified atom stereocenters. The van der Waals surface area contributed by atoms with Gasteiger partial charge >= 0.3 is 6.18 Å². The molecule has 1 aliphatic carbocycles. The van der Waals surface area contributed by atoms with Gasteiger partial charge in [-0.2, -0.15) is 18.2 Å². The second-order valence-electron chi connectivity index (χ2n) is 5.22. The summed E-state index contributed by atoms with van der Waals surface area (Å²) in [5, 5.41) is 4.72. The van der Waals surface area contributed by atoms with Crippen LogP contribution in [0.5, 0.6) is 0 Å². The molecule has 128 valence electrons. The van der Waals surface area contributed by atoms with Crippen molar-refractivity contribution in [1.82, 2.24) is 9.97 Å². The molecule has 1 heterocycles. The van der Waals surface area contributed by atoms with Crippen molar-refractivity contribution in [2.24, 2.45) is 0 Å². The quantitative estimate of drug-likeness (QED) is 0.641. The van der Waals surface area contributed by atoms with Gasteiger partial charge in [0.2, 0.25) is 5.95 Å². The Bertz CT molecular complexity index is 773. The summed E-state index contributed by atoms with van der Waals surface area (Å²) in [6, 6.07) is 1.67. The zero-order valence-corrected chi connectivity index (χ0v) is 11.9. The van der Waals surface area contributed by atoms with Crippen LogP contribution < -0.4 is 10.6 Å². The fourth-order valence-corrected chi connectivity index (χ4v) is 1.90. The van der Waals surface area contributed by atoms with Crippen LogP contribution in [0.2, 0.25) is 0 Å². The van der Waals surface area contributed by atoms with Gasteiger partial charge in [-0.15, -0.1) is 0 Å². The van der Waals surface area contributed by atoms with E-state index in [1.54, 1.807) is 0 Å². The molecule has 0 amide bonds. The molecule has 2 N–H and O–H groups in total. The molecule has 10 heteroatoms. The maximum Gasteiger partial charge on any atom is 0.433 e. The van der Waals surface area contributed by atoms with Gasteiger partial charge in [-0.25, -0.2) is 18.2 Å². The highest BCUT2D eigenvalue weighted by Crippen LogP contribution is 2.32. The number of aromatic nitrogens is 2. The first kappa shape index (κ1) is 16.3. The van der Waals surface area contributed by atoms with Crippen LogP contribution in [0.3, 0.4) is 0 Å². The van der Waals surface area contributed by atoms with E-state index in [1.165, 1.54) is 0 Å². The van der Waals surface area contributed by atoms with Gasteiger partial charge in [0.05, 0.1) is 0 Å². The van der Waals surface area contributed by atoms with Crippen LogP contribution in [0.15, 0.2) is 18.2 Å². The number of benzene rings is 1. The molecule has 0 saturated heterocycles. The predicted molar refractivity (Wildman–Crippen MR) is 73.3 cm³/mol. The second kappa shape index (κ2) is 5.84. The van der Waals surface area contributed by atoms with Crippen LogP contribution in [-0.4, -0.2) is 16.0 Å². The maximum absolute atomic E-state index is 13.6. The Kier molecular flexibility index (Phi) is 3.98. The molecule has 0 bridgehead atoms. The summed E-state index contributed by atoms with van der Waals surface area (Å²) in [6.07, 6.45) is -3.26. The molecule has 1 aromatic heterocycles. The topological polar surface area (TPSA) is 49.8 Å². The summed E-state index contributed by atoms with van der Waals surface area (Å²) < 4.78 is 79.2. The molecule has 0 atom stereocenters. The average molecular weight is 348 g/mol. The van der Waals surface area contributed by atoms with Gasteiger partial charge in [0.25, 0.3) is 0 Å². The number of alkyl halides is 3. The van der Waals surface area contributed by atoms with Crippen LogP contribution >= 0.6 is 0 Å². The first-order valence-corrected chi connectivity index (χ1v) is 6.87. The summed E-state index contributed by atoms with van der Waals surface area (Å²) in [5.41, 5.74) is -2.22. The van der Waals surface area contributed by atoms with Crippen LogP contribution in [0.25, 0.3) is 0 Å². The molecule has 1 aromatic carbocycles. The van der Waals surface area contributed by atoms with Gasteiger partial charge in [0, 0.05) is 12.1 Å². The van der Waals surface area contributed by atoms with Gasteiger partial charge in [-0.05, 0) is 25.0 Å². The molecule has 0 spiro atoms. The van der Waals surface area contributed by atoms with Crippen LogP contribution in [-0.2, 0) is 6.18 Å². The SMILES string of the molecule is Fc1ccc(F)c(Nc2cc(C(F)(F)F)nc(NC3CC3)n2)c1F. The van der Waals surface area contributed by atoms with E-state index in [2.05, 4.69) is 15.3 Å². The average Bonchev–Trinajstić information content (AvgIpc) is 3.30. The first-order valence-electron chi connectivity index (χ1n) is 6.87. The van der Waals surface area contributed by atoms with Crippen molar-refractivity contribution >= 4 is 17.5 Å². The molecule has 3 rings (SSSR count). The zero-order chi connectivity index (χ0) is 17.5. The second-order valence-corrected chi connectivity index (χ2v) is 5.22. The Labute approximate surface area is 131 Å². The highest BCUT2D eigenvalue weighted by molar-refractivity contribution is 5.59. The smallest absolute Gasteiger partial charge is 0.351 e. The third kappa shape index (κ3) is 3.52. The minimum atomic E-state index is -4.78. The summed E-state index contributed by atoms with van der Waals surface area (Å²) in [7, 11) is 0. The molecule has 0 radical (unpaired) electrons. The predicted octanol–water partition coefficient (Wildman–Crippen LogP) is 4.23. The minimum Gasteiger partial charge on any atom is -0.351 e. The molecule has 0 aliphatic heterocycles. The Hall–Kier alpha value is -2.52. The van der Waals surface area contributed by atoms with Gasteiger partial charge in [-0.1, -0.05) is 0 Å². The largest absolute Gasteiger partial charge is 0.433 e. The van der Waals surface area contributed by atoms with E-state index in [1.807, 2.05) is 5.32 Å². The van der Waals surface area contributed by atoms with Crippen molar-refractivity contribution in [2.45, 2.75) is 25.1 Å². The van der Waals surface area contributed by atoms with Crippen molar-refractivity contribution in [3.05, 3.63) is 41.3 Å². The molecular formula is C14H10F6N4. The van der Waals surface area contributed by atoms with E-state index in [4.69, 9.17) is 0 Å². The monoisotopic (exact) mass is 348 g/mol. The first-order chi connectivity index (χ1) is 11.2. The number of anilines is 3. The van der Waals surface area contributed by atoms with E-state index in [-0.39, 0.29) is 12.0 Å². The van der Waals surface area contributed by atoms with Crippen molar-refractivity contribution in [3.8, 4) is 0 Å². The summed E-state index contributed by atoms with van der Waals surface area (Å²) in [5.74, 6) is -4.91. The lowest BCUT2D eigenvalue weighted by molar-refractivity contribution is -0.141. The van der Waals surface area contributed by atoms with Gasteiger partial charge < -0.3 is 10.6 Å². The Balaban J connectivity index is 1.99. The van der Waals surface area contributed by atoms with Crippen molar-refractivity contribution in [1.29, 1.82) is 0 Å². The summed E-state index contributed by atoms with van der Waals surface area (Å²) in [6.45, 7) is 0. The van der Waals surface area contributed by atoms with Gasteiger partial charge in [0.15, 0.2) is 17.3 Å². The number of hydrogen-bond acceptors (Lipinski definition) is 4. The van der Waals surface area contributed by atoms with E-state index < -0.39 is 40.8 Å². The zero-order valence-electron chi connectivity index (χ0n) is 11.9. The number of hydrogen-bond donors (Lipinski definition) is 2. The van der Waals surface area contributed by atoms with E-state index >= 15 is 0 Å². The van der Waals surface area contributed by atoms with E-state index in [9.17, 15) is 26.3 Å². The summed E-state index contributed by atoms with van der Waals surface area (Å²) in [4.78, 5) is 7.09. The lowest BCUT2D eigenvalue weighted by Crippen LogP contribution is -2.14. The van der Waals surface area contributed by atoms with Crippen LogP contribution in [0.4, 0.5) is 43.8 Å². The number of rotatable bonds is 4. The Morgan fingerprint density at radius 2 is 1.67 bits per heavy atom. The molecule has 2 aromatic rings. The molecule has 1 saturated carbocycles. The summed E-state index contributed by atoms with van der Waals surface area (Å²) >= 11 is 0. The molecule has 24 heavy (non-hydrogen) atoms. The highest BCUT2D eigenvalue weighted by Gasteiger charge is 2.34. The molecule has 1 fully saturated rings. The lowest BCUT2D eigenvalue weighted by atomic mass is 10.2. The number of halogens is 6. The van der Waals surface area contributed by atoms with Gasteiger partial charge in [0.1, 0.15) is 17.3 Å². The fraction of sp³-hybridized carbons (Fsp3) is 0.286. The minimum absolute atomic E-state index is 0.0380. The number of nitrogens with one attached hydrogen (secondary N) is 2. The normalized spacial score (nSPS) is 14.6. The van der Waals surface area contributed by atoms with Crippen molar-refractivity contribution in [3.63, 3.8) is 0 Å². The Morgan fingerprint density at radius 3 is 2.29 bits per heavy atom. The molecular weight excluding hydrogens is 338 g/mol. The van der Waals surface area contributed by atoms with Crippen LogP contribution in [0.1, 0.15) is 18.5 Å². The maximum atomic E-state index is 13.6. The molecule has 4 nitrogen and oxygen atoms in total. The standard InChI is InChI=1S/C14H10F6N4/c15-7-3-4-8(16)12(11(7)17)23-10-5-9(14(18,19)20)22-13(24-10)21-6-1-2-6/h3-6H,1-2H2,(H2,21,22,23,24). The lowest BCUT2D eigenvalue weighted by Gasteiger charge is -2.13. The fourth-order valence-electron chi connectivity index (χ4n) is 1.90.